The van der Waals surface area contributed by atoms with E-state index in [1.807, 2.05) is 0 Å². The summed E-state index contributed by atoms with van der Waals surface area (Å²) in [6.45, 7) is 0. The van der Waals surface area contributed by atoms with Crippen LogP contribution in [-0.2, 0) is 6.18 Å². The highest BCUT2D eigenvalue weighted by Gasteiger charge is 2.30. The molecule has 3 aromatic rings. The highest BCUT2D eigenvalue weighted by Crippen LogP contribution is 2.33. The summed E-state index contributed by atoms with van der Waals surface area (Å²) in [4.78, 5) is 3.66. The van der Waals surface area contributed by atoms with Gasteiger partial charge in [0.1, 0.15) is 5.52 Å². The number of aromatic nitrogens is 3. The molecular weight excluding hydrogens is 288 g/mol. The van der Waals surface area contributed by atoms with E-state index in [1.165, 1.54) is 18.3 Å². The van der Waals surface area contributed by atoms with Crippen LogP contribution in [0, 0.1) is 5.82 Å². The summed E-state index contributed by atoms with van der Waals surface area (Å²) in [5, 5.41) is 3.83. The van der Waals surface area contributed by atoms with Gasteiger partial charge < -0.3 is 5.73 Å². The van der Waals surface area contributed by atoms with Crippen LogP contribution in [0.3, 0.4) is 0 Å². The predicted molar refractivity (Wildman–Crippen MR) is 67.8 cm³/mol. The van der Waals surface area contributed by atoms with Crippen molar-refractivity contribution in [3.63, 3.8) is 0 Å². The number of fused-ring (bicyclic) bond motifs is 1. The van der Waals surface area contributed by atoms with Gasteiger partial charge in [-0.05, 0) is 12.1 Å². The van der Waals surface area contributed by atoms with Crippen molar-refractivity contribution >= 4 is 11.5 Å². The van der Waals surface area contributed by atoms with Crippen LogP contribution >= 0.6 is 0 Å². The standard InChI is InChI=1S/C13H8F4N4/c14-9-5-10(21-11(9)6-19-12(18)20-21)7-2-1-3-8(4-7)13(15,16)17/h1-6H,(H2,18,20). The fourth-order valence-electron chi connectivity index (χ4n) is 2.03. The molecule has 0 aliphatic carbocycles. The third kappa shape index (κ3) is 2.28. The second-order valence-corrected chi connectivity index (χ2v) is 4.37. The number of halogens is 4. The highest BCUT2D eigenvalue weighted by atomic mass is 19.4. The first kappa shape index (κ1) is 13.3. The van der Waals surface area contributed by atoms with Crippen molar-refractivity contribution in [2.45, 2.75) is 6.18 Å². The van der Waals surface area contributed by atoms with Crippen LogP contribution < -0.4 is 5.73 Å². The molecule has 21 heavy (non-hydrogen) atoms. The Hall–Kier alpha value is -2.64. The van der Waals surface area contributed by atoms with Crippen LogP contribution in [0.2, 0.25) is 0 Å². The molecule has 0 bridgehead atoms. The van der Waals surface area contributed by atoms with Gasteiger partial charge in [-0.1, -0.05) is 12.1 Å². The van der Waals surface area contributed by atoms with Gasteiger partial charge in [0.05, 0.1) is 17.5 Å². The average molecular weight is 296 g/mol. The van der Waals surface area contributed by atoms with Gasteiger partial charge in [0, 0.05) is 11.6 Å². The van der Waals surface area contributed by atoms with Crippen LogP contribution in [0.15, 0.2) is 36.5 Å². The number of benzene rings is 1. The van der Waals surface area contributed by atoms with Gasteiger partial charge in [0.25, 0.3) is 0 Å². The van der Waals surface area contributed by atoms with E-state index in [2.05, 4.69) is 10.1 Å². The first-order valence-corrected chi connectivity index (χ1v) is 5.83. The lowest BCUT2D eigenvalue weighted by atomic mass is 10.1. The second kappa shape index (κ2) is 4.44. The fourth-order valence-corrected chi connectivity index (χ4v) is 2.03. The number of rotatable bonds is 1. The Labute approximate surface area is 115 Å². The largest absolute Gasteiger partial charge is 0.416 e. The minimum absolute atomic E-state index is 0.0385. The molecule has 0 spiro atoms. The van der Waals surface area contributed by atoms with Gasteiger partial charge in [-0.2, -0.15) is 13.2 Å². The molecule has 0 aliphatic heterocycles. The van der Waals surface area contributed by atoms with E-state index in [9.17, 15) is 17.6 Å². The molecule has 108 valence electrons. The van der Waals surface area contributed by atoms with Crippen molar-refractivity contribution in [2.24, 2.45) is 0 Å². The van der Waals surface area contributed by atoms with Crippen LogP contribution in [0.25, 0.3) is 16.8 Å². The summed E-state index contributed by atoms with van der Waals surface area (Å²) in [5.74, 6) is -0.742. The lowest BCUT2D eigenvalue weighted by Gasteiger charge is -2.08. The molecule has 0 aliphatic rings. The Morgan fingerprint density at radius 1 is 1.14 bits per heavy atom. The number of nitrogens with zero attached hydrogens (tertiary/aromatic N) is 3. The smallest absolute Gasteiger partial charge is 0.367 e. The number of alkyl halides is 3. The zero-order valence-electron chi connectivity index (χ0n) is 10.4. The fraction of sp³-hybridized carbons (Fsp3) is 0.0769. The molecule has 8 heteroatoms. The maximum atomic E-state index is 13.8. The lowest BCUT2D eigenvalue weighted by molar-refractivity contribution is -0.137. The molecule has 0 radical (unpaired) electrons. The van der Waals surface area contributed by atoms with Gasteiger partial charge in [-0.3, -0.25) is 0 Å². The first-order chi connectivity index (χ1) is 9.86. The Bertz CT molecular complexity index is 823. The van der Waals surface area contributed by atoms with Crippen molar-refractivity contribution in [1.82, 2.24) is 14.6 Å². The van der Waals surface area contributed by atoms with Crippen LogP contribution in [0.1, 0.15) is 5.56 Å². The molecular formula is C13H8F4N4. The summed E-state index contributed by atoms with van der Waals surface area (Å²) >= 11 is 0. The van der Waals surface area contributed by atoms with E-state index in [4.69, 9.17) is 5.73 Å². The molecule has 0 amide bonds. The highest BCUT2D eigenvalue weighted by molar-refractivity contribution is 5.67. The number of hydrogen-bond acceptors (Lipinski definition) is 3. The molecule has 0 fully saturated rings. The van der Waals surface area contributed by atoms with E-state index in [1.54, 1.807) is 0 Å². The Kier molecular flexibility index (Phi) is 2.82. The SMILES string of the molecule is Nc1ncc2c(F)cc(-c3cccc(C(F)(F)F)c3)n2n1. The zero-order chi connectivity index (χ0) is 15.2. The Balaban J connectivity index is 2.23. The Morgan fingerprint density at radius 2 is 1.90 bits per heavy atom. The van der Waals surface area contributed by atoms with Crippen molar-refractivity contribution < 1.29 is 17.6 Å². The summed E-state index contributed by atoms with van der Waals surface area (Å²) in [6.07, 6.45) is -3.30. The Morgan fingerprint density at radius 3 is 2.62 bits per heavy atom. The topological polar surface area (TPSA) is 56.2 Å². The van der Waals surface area contributed by atoms with E-state index >= 15 is 0 Å². The molecule has 2 aromatic heterocycles. The van der Waals surface area contributed by atoms with Gasteiger partial charge in [-0.25, -0.2) is 13.9 Å². The van der Waals surface area contributed by atoms with Gasteiger partial charge in [-0.15, -0.1) is 5.10 Å². The summed E-state index contributed by atoms with van der Waals surface area (Å²) < 4.78 is 53.1. The van der Waals surface area contributed by atoms with Crippen molar-refractivity contribution in [3.05, 3.63) is 47.9 Å². The molecule has 0 saturated heterocycles. The minimum atomic E-state index is -4.48. The van der Waals surface area contributed by atoms with Crippen LogP contribution in [-0.4, -0.2) is 14.6 Å². The molecule has 2 heterocycles. The summed E-state index contributed by atoms with van der Waals surface area (Å²) in [5.41, 5.74) is 5.00. The van der Waals surface area contributed by atoms with E-state index in [0.29, 0.717) is 0 Å². The number of nitrogens with two attached hydrogens (primary N) is 1. The molecule has 3 rings (SSSR count). The van der Waals surface area contributed by atoms with Gasteiger partial charge in [0.15, 0.2) is 5.82 Å². The van der Waals surface area contributed by atoms with Crippen LogP contribution in [0.5, 0.6) is 0 Å². The summed E-state index contributed by atoms with van der Waals surface area (Å²) in [6, 6.07) is 5.66. The third-order valence-electron chi connectivity index (χ3n) is 2.97. The molecule has 0 saturated carbocycles. The number of nitrogen functional groups attached to an aromatic ring is 1. The van der Waals surface area contributed by atoms with Crippen molar-refractivity contribution in [2.75, 3.05) is 5.73 Å². The van der Waals surface area contributed by atoms with Crippen LogP contribution in [0.4, 0.5) is 23.5 Å². The first-order valence-electron chi connectivity index (χ1n) is 5.83. The third-order valence-corrected chi connectivity index (χ3v) is 2.97. The van der Waals surface area contributed by atoms with E-state index in [-0.39, 0.29) is 22.7 Å². The average Bonchev–Trinajstić information content (AvgIpc) is 2.75. The maximum absolute atomic E-state index is 13.8. The zero-order valence-corrected chi connectivity index (χ0v) is 10.4. The second-order valence-electron chi connectivity index (χ2n) is 4.37. The van der Waals surface area contributed by atoms with Crippen molar-refractivity contribution in [1.29, 1.82) is 0 Å². The normalized spacial score (nSPS) is 12.0. The summed E-state index contributed by atoms with van der Waals surface area (Å²) in [7, 11) is 0. The minimum Gasteiger partial charge on any atom is -0.367 e. The molecule has 1 aromatic carbocycles. The number of anilines is 1. The quantitative estimate of drug-likeness (QED) is 0.702. The lowest BCUT2D eigenvalue weighted by Crippen LogP contribution is -2.05. The van der Waals surface area contributed by atoms with Crippen molar-refractivity contribution in [3.8, 4) is 11.3 Å². The van der Waals surface area contributed by atoms with Gasteiger partial charge in [0.2, 0.25) is 5.95 Å². The predicted octanol–water partition coefficient (Wildman–Crippen LogP) is 3.14. The molecule has 0 unspecified atom stereocenters. The van der Waals surface area contributed by atoms with E-state index < -0.39 is 17.6 Å². The monoisotopic (exact) mass is 296 g/mol. The van der Waals surface area contributed by atoms with E-state index in [0.717, 1.165) is 22.7 Å². The molecule has 0 atom stereocenters. The van der Waals surface area contributed by atoms with Gasteiger partial charge >= 0.3 is 6.18 Å². The maximum Gasteiger partial charge on any atom is 0.416 e. The molecule has 4 nitrogen and oxygen atoms in total. The molecule has 2 N–H and O–H groups in total. The number of hydrogen-bond donors (Lipinski definition) is 1.